The number of hydrogen-bond acceptors (Lipinski definition) is 5. The van der Waals surface area contributed by atoms with Crippen molar-refractivity contribution in [1.29, 1.82) is 10.5 Å². The van der Waals surface area contributed by atoms with Gasteiger partial charge in [-0.2, -0.15) is 10.5 Å². The zero-order chi connectivity index (χ0) is 12.7. The molecular weight excluding hydrogens is 220 g/mol. The highest BCUT2D eigenvalue weighted by molar-refractivity contribution is 5.71. The van der Waals surface area contributed by atoms with Crippen molar-refractivity contribution in [2.24, 2.45) is 0 Å². The van der Waals surface area contributed by atoms with Crippen molar-refractivity contribution in [3.8, 4) is 17.9 Å². The normalized spacial score (nSPS) is 8.88. The molecule has 5 nitrogen and oxygen atoms in total. The van der Waals surface area contributed by atoms with Gasteiger partial charge < -0.3 is 9.47 Å². The van der Waals surface area contributed by atoms with E-state index in [2.05, 4.69) is 4.74 Å². The maximum absolute atomic E-state index is 11.0. The van der Waals surface area contributed by atoms with E-state index in [1.165, 1.54) is 18.2 Å². The minimum absolute atomic E-state index is 0.217. The highest BCUT2D eigenvalue weighted by Crippen LogP contribution is 2.16. The minimum Gasteiger partial charge on any atom is -0.482 e. The second-order valence-corrected chi connectivity index (χ2v) is 3.02. The van der Waals surface area contributed by atoms with Gasteiger partial charge in [0.2, 0.25) is 0 Å². The minimum atomic E-state index is -0.477. The third-order valence-corrected chi connectivity index (χ3v) is 1.89. The largest absolute Gasteiger partial charge is 0.482 e. The first-order valence-corrected chi connectivity index (χ1v) is 4.94. The Kier molecular flexibility index (Phi) is 4.53. The van der Waals surface area contributed by atoms with Crippen LogP contribution in [0.2, 0.25) is 0 Å². The number of carbonyl (C=O) groups excluding carboxylic acids is 1. The number of carbonyl (C=O) groups is 1. The summed E-state index contributed by atoms with van der Waals surface area (Å²) in [4.78, 5) is 11.0. The van der Waals surface area contributed by atoms with Crippen molar-refractivity contribution in [3.63, 3.8) is 0 Å². The van der Waals surface area contributed by atoms with Gasteiger partial charge in [0.25, 0.3) is 0 Å². The predicted octanol–water partition coefficient (Wildman–Crippen LogP) is 1.37. The van der Waals surface area contributed by atoms with Crippen LogP contribution in [0.4, 0.5) is 0 Å². The Morgan fingerprint density at radius 1 is 1.29 bits per heavy atom. The van der Waals surface area contributed by atoms with Crippen LogP contribution in [0.1, 0.15) is 18.1 Å². The van der Waals surface area contributed by atoms with Crippen LogP contribution in [-0.2, 0) is 9.53 Å². The van der Waals surface area contributed by atoms with E-state index in [9.17, 15) is 4.79 Å². The maximum atomic E-state index is 11.0. The number of ether oxygens (including phenoxy) is 2. The molecule has 86 valence electrons. The van der Waals surface area contributed by atoms with Crippen molar-refractivity contribution >= 4 is 5.97 Å². The van der Waals surface area contributed by atoms with Crippen molar-refractivity contribution in [2.75, 3.05) is 13.2 Å². The third kappa shape index (κ3) is 3.51. The standard InChI is InChI=1S/C12H10N2O3/c1-2-16-12(15)8-17-11-4-3-9(6-13)10(5-11)7-14/h3-5H,2,8H2,1H3. The van der Waals surface area contributed by atoms with Crippen LogP contribution in [0, 0.1) is 22.7 Å². The Balaban J connectivity index is 2.71. The topological polar surface area (TPSA) is 83.1 Å². The third-order valence-electron chi connectivity index (χ3n) is 1.89. The van der Waals surface area contributed by atoms with Crippen LogP contribution in [-0.4, -0.2) is 19.2 Å². The second kappa shape index (κ2) is 6.14. The number of hydrogen-bond donors (Lipinski definition) is 0. The van der Waals surface area contributed by atoms with E-state index in [0.29, 0.717) is 12.4 Å². The maximum Gasteiger partial charge on any atom is 0.344 e. The summed E-state index contributed by atoms with van der Waals surface area (Å²) in [5, 5.41) is 17.5. The van der Waals surface area contributed by atoms with E-state index < -0.39 is 5.97 Å². The molecule has 0 spiro atoms. The number of rotatable bonds is 4. The fourth-order valence-electron chi connectivity index (χ4n) is 1.15. The smallest absolute Gasteiger partial charge is 0.344 e. The molecule has 5 heteroatoms. The quantitative estimate of drug-likeness (QED) is 0.729. The molecule has 0 unspecified atom stereocenters. The monoisotopic (exact) mass is 230 g/mol. The zero-order valence-corrected chi connectivity index (χ0v) is 9.27. The van der Waals surface area contributed by atoms with Crippen LogP contribution >= 0.6 is 0 Å². The fourth-order valence-corrected chi connectivity index (χ4v) is 1.15. The second-order valence-electron chi connectivity index (χ2n) is 3.02. The molecule has 0 aliphatic carbocycles. The van der Waals surface area contributed by atoms with Crippen LogP contribution in [0.15, 0.2) is 18.2 Å². The van der Waals surface area contributed by atoms with Crippen molar-refractivity contribution in [2.45, 2.75) is 6.92 Å². The zero-order valence-electron chi connectivity index (χ0n) is 9.27. The van der Waals surface area contributed by atoms with Gasteiger partial charge in [0.05, 0.1) is 17.7 Å². The lowest BCUT2D eigenvalue weighted by atomic mass is 10.1. The molecule has 0 saturated carbocycles. The average molecular weight is 230 g/mol. The van der Waals surface area contributed by atoms with Crippen LogP contribution < -0.4 is 4.74 Å². The molecule has 0 aliphatic rings. The summed E-state index contributed by atoms with van der Waals surface area (Å²) in [5.41, 5.74) is 0.491. The summed E-state index contributed by atoms with van der Waals surface area (Å²) < 4.78 is 9.81. The summed E-state index contributed by atoms with van der Waals surface area (Å²) >= 11 is 0. The van der Waals surface area contributed by atoms with Crippen LogP contribution in [0.3, 0.4) is 0 Å². The number of benzene rings is 1. The molecule has 0 fully saturated rings. The molecule has 0 radical (unpaired) electrons. The first-order chi connectivity index (χ1) is 8.21. The molecule has 0 aromatic heterocycles. The SMILES string of the molecule is CCOC(=O)COc1ccc(C#N)c(C#N)c1. The van der Waals surface area contributed by atoms with Crippen molar-refractivity contribution in [3.05, 3.63) is 29.3 Å². The molecule has 0 atom stereocenters. The molecule has 1 aromatic rings. The van der Waals surface area contributed by atoms with Gasteiger partial charge in [0.15, 0.2) is 6.61 Å². The molecule has 0 N–H and O–H groups in total. The molecule has 0 aliphatic heterocycles. The first-order valence-electron chi connectivity index (χ1n) is 4.94. The Morgan fingerprint density at radius 3 is 2.59 bits per heavy atom. The fraction of sp³-hybridized carbons (Fsp3) is 0.250. The molecule has 1 aromatic carbocycles. The highest BCUT2D eigenvalue weighted by atomic mass is 16.6. The van der Waals surface area contributed by atoms with Gasteiger partial charge in [-0.05, 0) is 25.1 Å². The van der Waals surface area contributed by atoms with Gasteiger partial charge in [-0.3, -0.25) is 0 Å². The Morgan fingerprint density at radius 2 is 2.00 bits per heavy atom. The van der Waals surface area contributed by atoms with Gasteiger partial charge in [-0.15, -0.1) is 0 Å². The van der Waals surface area contributed by atoms with Crippen LogP contribution in [0.25, 0.3) is 0 Å². The molecule has 0 heterocycles. The molecular formula is C12H10N2O3. The summed E-state index contributed by atoms with van der Waals surface area (Å²) in [7, 11) is 0. The van der Waals surface area contributed by atoms with Crippen LogP contribution in [0.5, 0.6) is 5.75 Å². The first kappa shape index (κ1) is 12.5. The van der Waals surface area contributed by atoms with Gasteiger partial charge in [0.1, 0.15) is 17.9 Å². The van der Waals surface area contributed by atoms with E-state index in [4.69, 9.17) is 15.3 Å². The lowest BCUT2D eigenvalue weighted by Crippen LogP contribution is -2.14. The molecule has 1 rings (SSSR count). The Bertz CT molecular complexity index is 497. The van der Waals surface area contributed by atoms with Gasteiger partial charge >= 0.3 is 5.97 Å². The Labute approximate surface area is 98.8 Å². The number of nitrogens with zero attached hydrogens (tertiary/aromatic N) is 2. The molecule has 0 bridgehead atoms. The van der Waals surface area contributed by atoms with Crippen molar-refractivity contribution in [1.82, 2.24) is 0 Å². The summed E-state index contributed by atoms with van der Waals surface area (Å²) in [5.74, 6) is -0.121. The number of esters is 1. The van der Waals surface area contributed by atoms with Gasteiger partial charge in [0, 0.05) is 0 Å². The van der Waals surface area contributed by atoms with E-state index in [0.717, 1.165) is 0 Å². The van der Waals surface area contributed by atoms with E-state index in [-0.39, 0.29) is 17.7 Å². The molecule has 0 saturated heterocycles. The lowest BCUT2D eigenvalue weighted by Gasteiger charge is -2.06. The summed E-state index contributed by atoms with van der Waals surface area (Å²) in [6.45, 7) is 1.77. The van der Waals surface area contributed by atoms with E-state index in [1.54, 1.807) is 6.92 Å². The van der Waals surface area contributed by atoms with E-state index in [1.807, 2.05) is 12.1 Å². The molecule has 0 amide bonds. The van der Waals surface area contributed by atoms with E-state index >= 15 is 0 Å². The molecule has 17 heavy (non-hydrogen) atoms. The lowest BCUT2D eigenvalue weighted by molar-refractivity contribution is -0.145. The van der Waals surface area contributed by atoms with Gasteiger partial charge in [-0.1, -0.05) is 0 Å². The summed E-state index contributed by atoms with van der Waals surface area (Å²) in [6.07, 6.45) is 0. The summed E-state index contributed by atoms with van der Waals surface area (Å²) in [6, 6.07) is 8.18. The van der Waals surface area contributed by atoms with Gasteiger partial charge in [-0.25, -0.2) is 4.79 Å². The predicted molar refractivity (Wildman–Crippen MR) is 58.0 cm³/mol. The number of nitriles is 2. The Hall–Kier alpha value is -2.53. The highest BCUT2D eigenvalue weighted by Gasteiger charge is 2.06. The van der Waals surface area contributed by atoms with Crippen molar-refractivity contribution < 1.29 is 14.3 Å². The average Bonchev–Trinajstić information content (AvgIpc) is 2.36.